The van der Waals surface area contributed by atoms with Crippen molar-refractivity contribution < 1.29 is 18.6 Å². The summed E-state index contributed by atoms with van der Waals surface area (Å²) < 4.78 is 28.0. The smallest absolute Gasteiger partial charge is 0.263 e. The van der Waals surface area contributed by atoms with E-state index in [1.807, 2.05) is 0 Å². The van der Waals surface area contributed by atoms with E-state index in [1.54, 1.807) is 31.4 Å². The molecule has 0 saturated carbocycles. The Bertz CT molecular complexity index is 707. The molecule has 0 aliphatic heterocycles. The maximum absolute atomic E-state index is 12.8. The largest absolute Gasteiger partial charge is 0.395 e. The molecular formula is C12H18N4O4S. The zero-order chi connectivity index (χ0) is 15.5. The summed E-state index contributed by atoms with van der Waals surface area (Å²) in [5.74, 6) is 0.224. The molecule has 0 amide bonds. The van der Waals surface area contributed by atoms with Gasteiger partial charge in [-0.2, -0.15) is 4.31 Å². The predicted molar refractivity (Wildman–Crippen MR) is 77.7 cm³/mol. The Morgan fingerprint density at radius 3 is 2.52 bits per heavy atom. The van der Waals surface area contributed by atoms with Gasteiger partial charge in [0.25, 0.3) is 10.0 Å². The number of anilines is 1. The number of sulfonamides is 1. The third-order valence-corrected chi connectivity index (χ3v) is 4.93. The van der Waals surface area contributed by atoms with Crippen molar-refractivity contribution in [3.05, 3.63) is 24.4 Å². The second-order valence-corrected chi connectivity index (χ2v) is 6.15. The van der Waals surface area contributed by atoms with E-state index in [0.29, 0.717) is 5.65 Å². The molecule has 0 unspecified atom stereocenters. The molecule has 21 heavy (non-hydrogen) atoms. The lowest BCUT2D eigenvalue weighted by molar-refractivity contribution is 0.217. The molecule has 0 aliphatic rings. The fourth-order valence-corrected chi connectivity index (χ4v) is 3.76. The van der Waals surface area contributed by atoms with Crippen LogP contribution in [0.1, 0.15) is 0 Å². The molecule has 8 nitrogen and oxygen atoms in total. The van der Waals surface area contributed by atoms with Crippen LogP contribution < -0.4 is 5.32 Å². The van der Waals surface area contributed by atoms with E-state index in [-0.39, 0.29) is 37.1 Å². The van der Waals surface area contributed by atoms with Gasteiger partial charge in [0.15, 0.2) is 10.8 Å². The maximum atomic E-state index is 12.8. The van der Waals surface area contributed by atoms with Gasteiger partial charge in [-0.25, -0.2) is 13.4 Å². The first-order valence-corrected chi connectivity index (χ1v) is 7.87. The van der Waals surface area contributed by atoms with Crippen LogP contribution in [0, 0.1) is 0 Å². The van der Waals surface area contributed by atoms with Gasteiger partial charge in [-0.3, -0.25) is 4.40 Å². The number of nitrogens with zero attached hydrogens (tertiary/aromatic N) is 3. The zero-order valence-electron chi connectivity index (χ0n) is 11.6. The number of aliphatic hydroxyl groups is 2. The number of nitrogens with one attached hydrogen (secondary N) is 1. The zero-order valence-corrected chi connectivity index (χ0v) is 12.4. The molecule has 2 rings (SSSR count). The van der Waals surface area contributed by atoms with Crippen LogP contribution in [-0.2, 0) is 10.0 Å². The Labute approximate surface area is 122 Å². The monoisotopic (exact) mass is 314 g/mol. The maximum Gasteiger partial charge on any atom is 0.263 e. The van der Waals surface area contributed by atoms with Crippen LogP contribution in [-0.4, -0.2) is 65.7 Å². The van der Waals surface area contributed by atoms with E-state index in [2.05, 4.69) is 10.3 Å². The predicted octanol–water partition coefficient (Wildman–Crippen LogP) is -0.649. The van der Waals surface area contributed by atoms with Gasteiger partial charge >= 0.3 is 0 Å². The summed E-state index contributed by atoms with van der Waals surface area (Å²) >= 11 is 0. The van der Waals surface area contributed by atoms with Crippen molar-refractivity contribution in [3.63, 3.8) is 0 Å². The minimum absolute atomic E-state index is 0.0116. The number of rotatable bonds is 7. The van der Waals surface area contributed by atoms with Crippen LogP contribution in [0.15, 0.2) is 29.4 Å². The van der Waals surface area contributed by atoms with Gasteiger partial charge in [0.05, 0.1) is 13.2 Å². The van der Waals surface area contributed by atoms with E-state index in [4.69, 9.17) is 10.2 Å². The fourth-order valence-electron chi connectivity index (χ4n) is 2.08. The van der Waals surface area contributed by atoms with Crippen LogP contribution in [0.25, 0.3) is 5.65 Å². The van der Waals surface area contributed by atoms with E-state index in [9.17, 15) is 8.42 Å². The molecule has 0 aromatic carbocycles. The molecule has 0 fully saturated rings. The molecule has 0 saturated heterocycles. The third kappa shape index (κ3) is 2.86. The Morgan fingerprint density at radius 1 is 1.29 bits per heavy atom. The Morgan fingerprint density at radius 2 is 1.95 bits per heavy atom. The second kappa shape index (κ2) is 6.39. The van der Waals surface area contributed by atoms with E-state index in [1.165, 1.54) is 4.40 Å². The van der Waals surface area contributed by atoms with Crippen molar-refractivity contribution in [3.8, 4) is 0 Å². The summed E-state index contributed by atoms with van der Waals surface area (Å²) in [6.45, 7) is -0.839. The summed E-state index contributed by atoms with van der Waals surface area (Å²) in [4.78, 5) is 4.22. The van der Waals surface area contributed by atoms with Gasteiger partial charge in [0.2, 0.25) is 0 Å². The van der Waals surface area contributed by atoms with Gasteiger partial charge < -0.3 is 15.5 Å². The van der Waals surface area contributed by atoms with Crippen LogP contribution in [0.5, 0.6) is 0 Å². The quantitative estimate of drug-likeness (QED) is 0.627. The first-order valence-electron chi connectivity index (χ1n) is 6.43. The Hall–Kier alpha value is -1.68. The standard InChI is InChI=1S/C12H18N4O4S/c1-13-11-12(16-5-3-2-4-10(16)14-11)21(19,20)15(6-8-17)7-9-18/h2-5,13,17-18H,6-9H2,1H3. The van der Waals surface area contributed by atoms with Crippen molar-refractivity contribution in [1.29, 1.82) is 0 Å². The fraction of sp³-hybridized carbons (Fsp3) is 0.417. The summed E-state index contributed by atoms with van der Waals surface area (Å²) in [5.41, 5.74) is 0.494. The summed E-state index contributed by atoms with van der Waals surface area (Å²) in [6, 6.07) is 5.16. The molecule has 0 bridgehead atoms. The molecule has 116 valence electrons. The number of imidazole rings is 1. The van der Waals surface area contributed by atoms with Crippen molar-refractivity contribution in [2.75, 3.05) is 38.7 Å². The Kier molecular flexibility index (Phi) is 4.78. The highest BCUT2D eigenvalue weighted by Crippen LogP contribution is 2.25. The number of hydrogen-bond acceptors (Lipinski definition) is 6. The molecule has 0 spiro atoms. The topological polar surface area (TPSA) is 107 Å². The van der Waals surface area contributed by atoms with E-state index < -0.39 is 10.0 Å². The number of aromatic nitrogens is 2. The van der Waals surface area contributed by atoms with Crippen LogP contribution in [0.3, 0.4) is 0 Å². The lowest BCUT2D eigenvalue weighted by Gasteiger charge is -2.20. The molecule has 2 aromatic rings. The lowest BCUT2D eigenvalue weighted by Crippen LogP contribution is -2.36. The van der Waals surface area contributed by atoms with E-state index in [0.717, 1.165) is 4.31 Å². The van der Waals surface area contributed by atoms with Crippen LogP contribution in [0.2, 0.25) is 0 Å². The van der Waals surface area contributed by atoms with Crippen LogP contribution >= 0.6 is 0 Å². The van der Waals surface area contributed by atoms with Crippen molar-refractivity contribution in [2.24, 2.45) is 0 Å². The number of hydrogen-bond donors (Lipinski definition) is 3. The molecule has 0 aliphatic carbocycles. The highest BCUT2D eigenvalue weighted by molar-refractivity contribution is 7.89. The minimum Gasteiger partial charge on any atom is -0.395 e. The molecule has 2 heterocycles. The SMILES string of the molecule is CNc1nc2ccccn2c1S(=O)(=O)N(CCO)CCO. The first kappa shape index (κ1) is 15.7. The average Bonchev–Trinajstić information content (AvgIpc) is 2.86. The van der Waals surface area contributed by atoms with Gasteiger partial charge in [-0.1, -0.05) is 6.07 Å². The van der Waals surface area contributed by atoms with Gasteiger partial charge in [-0.15, -0.1) is 0 Å². The van der Waals surface area contributed by atoms with E-state index >= 15 is 0 Å². The summed E-state index contributed by atoms with van der Waals surface area (Å²) in [6.07, 6.45) is 1.60. The van der Waals surface area contributed by atoms with Gasteiger partial charge in [0.1, 0.15) is 5.65 Å². The Balaban J connectivity index is 2.62. The molecule has 0 radical (unpaired) electrons. The van der Waals surface area contributed by atoms with Gasteiger partial charge in [-0.05, 0) is 12.1 Å². The highest BCUT2D eigenvalue weighted by Gasteiger charge is 2.30. The summed E-state index contributed by atoms with van der Waals surface area (Å²) in [5, 5.41) is 20.8. The average molecular weight is 314 g/mol. The minimum atomic E-state index is -3.90. The molecular weight excluding hydrogens is 296 g/mol. The lowest BCUT2D eigenvalue weighted by atomic mass is 10.5. The number of fused-ring (bicyclic) bond motifs is 1. The second-order valence-electron chi connectivity index (χ2n) is 4.30. The number of aliphatic hydroxyl groups excluding tert-OH is 2. The van der Waals surface area contributed by atoms with Crippen LogP contribution in [0.4, 0.5) is 5.82 Å². The molecule has 2 aromatic heterocycles. The van der Waals surface area contributed by atoms with Crippen molar-refractivity contribution >= 4 is 21.5 Å². The molecule has 0 atom stereocenters. The molecule has 3 N–H and O–H groups in total. The number of pyridine rings is 1. The van der Waals surface area contributed by atoms with Gasteiger partial charge in [0, 0.05) is 26.3 Å². The summed E-state index contributed by atoms with van der Waals surface area (Å²) in [7, 11) is -2.31. The normalized spacial score (nSPS) is 12.2. The highest BCUT2D eigenvalue weighted by atomic mass is 32.2. The van der Waals surface area contributed by atoms with Crippen molar-refractivity contribution in [2.45, 2.75) is 5.03 Å². The first-order chi connectivity index (χ1) is 10.1. The van der Waals surface area contributed by atoms with Crippen molar-refractivity contribution in [1.82, 2.24) is 13.7 Å². The third-order valence-electron chi connectivity index (χ3n) is 3.01. The molecule has 9 heteroatoms.